The van der Waals surface area contributed by atoms with Crippen molar-refractivity contribution in [3.05, 3.63) is 41.1 Å². The summed E-state index contributed by atoms with van der Waals surface area (Å²) >= 11 is 0. The number of nitrogens with zero attached hydrogens (tertiary/aromatic N) is 1. The Hall–Kier alpha value is -1.87. The van der Waals surface area contributed by atoms with Crippen LogP contribution in [0.3, 0.4) is 0 Å². The molecular formula is C25H36F3NO. The molecule has 168 valence electrons. The van der Waals surface area contributed by atoms with E-state index in [0.29, 0.717) is 17.2 Å². The van der Waals surface area contributed by atoms with Crippen LogP contribution in [0.1, 0.15) is 88.8 Å². The number of hydrogen-bond donors (Lipinski definition) is 0. The fraction of sp³-hybridized carbons (Fsp3) is 0.640. The van der Waals surface area contributed by atoms with Gasteiger partial charge in [0.2, 0.25) is 0 Å². The van der Waals surface area contributed by atoms with Crippen molar-refractivity contribution in [1.29, 1.82) is 0 Å². The second-order valence-corrected chi connectivity index (χ2v) is 8.21. The first-order valence-corrected chi connectivity index (χ1v) is 11.2. The third-order valence-electron chi connectivity index (χ3n) is 5.58. The molecule has 0 aliphatic carbocycles. The molecule has 0 heterocycles. The van der Waals surface area contributed by atoms with E-state index in [-0.39, 0.29) is 11.5 Å². The Bertz CT molecular complexity index is 712. The Kier molecular flexibility index (Phi) is 11.7. The first-order chi connectivity index (χ1) is 14.3. The van der Waals surface area contributed by atoms with Crippen LogP contribution in [-0.2, 0) is 11.2 Å². The molecule has 0 N–H and O–H groups in total. The van der Waals surface area contributed by atoms with Gasteiger partial charge < -0.3 is 0 Å². The number of alkyl halides is 3. The second-order valence-electron chi connectivity index (χ2n) is 8.21. The van der Waals surface area contributed by atoms with Crippen LogP contribution in [0.5, 0.6) is 0 Å². The summed E-state index contributed by atoms with van der Waals surface area (Å²) in [5.74, 6) is 2.46. The lowest BCUT2D eigenvalue weighted by molar-refractivity contribution is -0.127. The minimum Gasteiger partial charge on any atom is -0.249 e. The van der Waals surface area contributed by atoms with E-state index in [4.69, 9.17) is 0 Å². The fourth-order valence-corrected chi connectivity index (χ4v) is 4.23. The molecule has 30 heavy (non-hydrogen) atoms. The zero-order valence-corrected chi connectivity index (χ0v) is 18.8. The molecule has 0 aliphatic heterocycles. The Morgan fingerprint density at radius 3 is 2.20 bits per heavy atom. The average Bonchev–Trinajstić information content (AvgIpc) is 2.67. The minimum absolute atomic E-state index is 0.107. The van der Waals surface area contributed by atoms with Gasteiger partial charge in [0.1, 0.15) is 12.1 Å². The predicted octanol–water partition coefficient (Wildman–Crippen LogP) is 7.65. The topological polar surface area (TPSA) is 29.4 Å². The number of aryl methyl sites for hydroxylation is 1. The maximum Gasteiger partial charge on any atom is 0.393 e. The summed E-state index contributed by atoms with van der Waals surface area (Å²) in [6.07, 6.45) is 4.37. The highest BCUT2D eigenvalue weighted by molar-refractivity contribution is 6.04. The van der Waals surface area contributed by atoms with Gasteiger partial charge in [-0.15, -0.1) is 0 Å². The van der Waals surface area contributed by atoms with E-state index >= 15 is 0 Å². The van der Waals surface area contributed by atoms with E-state index < -0.39 is 12.6 Å². The summed E-state index contributed by atoms with van der Waals surface area (Å²) in [4.78, 5) is 15.2. The summed E-state index contributed by atoms with van der Waals surface area (Å²) in [5, 5.41) is 0. The molecule has 0 spiro atoms. The highest BCUT2D eigenvalue weighted by atomic mass is 19.4. The normalized spacial score (nSPS) is 13.4. The summed E-state index contributed by atoms with van der Waals surface area (Å²) in [5.41, 5.74) is 2.52. The number of halogens is 3. The van der Waals surface area contributed by atoms with Gasteiger partial charge in [-0.2, -0.15) is 13.2 Å². The SMILES string of the molecule is CCCC(CCC)CCC(CCC)/C(=N/C=C=O)c1cc(CC(F)(F)F)ccc1C. The molecule has 0 saturated heterocycles. The van der Waals surface area contributed by atoms with Crippen LogP contribution in [-0.4, -0.2) is 17.8 Å². The predicted molar refractivity (Wildman–Crippen MR) is 119 cm³/mol. The van der Waals surface area contributed by atoms with Crippen molar-refractivity contribution in [2.75, 3.05) is 0 Å². The smallest absolute Gasteiger partial charge is 0.249 e. The average molecular weight is 424 g/mol. The number of aliphatic imine (C=N–C) groups is 1. The summed E-state index contributed by atoms with van der Waals surface area (Å²) < 4.78 is 38.8. The van der Waals surface area contributed by atoms with Gasteiger partial charge in [0.05, 0.1) is 12.1 Å². The van der Waals surface area contributed by atoms with Crippen LogP contribution in [0.15, 0.2) is 29.4 Å². The van der Waals surface area contributed by atoms with Crippen molar-refractivity contribution in [3.8, 4) is 0 Å². The molecule has 0 fully saturated rings. The lowest BCUT2D eigenvalue weighted by atomic mass is 9.82. The minimum atomic E-state index is -4.26. The Morgan fingerprint density at radius 1 is 1.03 bits per heavy atom. The van der Waals surface area contributed by atoms with Gasteiger partial charge in [-0.1, -0.05) is 65.0 Å². The highest BCUT2D eigenvalue weighted by Crippen LogP contribution is 2.29. The lowest BCUT2D eigenvalue weighted by Crippen LogP contribution is -2.19. The van der Waals surface area contributed by atoms with Crippen molar-refractivity contribution in [2.45, 2.75) is 91.7 Å². The standard InChI is InChI=1S/C25H36F3NO/c1-5-8-20(9-6-2)13-14-22(10-7-3)24(29-15-16-30)23-17-21(12-11-19(23)4)18-25(26,27)28/h11-12,15,17,20,22H,5-10,13-14,18H2,1-4H3/b29-24-. The Balaban J connectivity index is 3.27. The van der Waals surface area contributed by atoms with E-state index in [2.05, 4.69) is 25.8 Å². The van der Waals surface area contributed by atoms with Crippen LogP contribution in [0.4, 0.5) is 13.2 Å². The van der Waals surface area contributed by atoms with Gasteiger partial charge in [-0.3, -0.25) is 0 Å². The number of hydrogen-bond acceptors (Lipinski definition) is 2. The van der Waals surface area contributed by atoms with Gasteiger partial charge in [0.15, 0.2) is 0 Å². The van der Waals surface area contributed by atoms with Crippen LogP contribution in [0, 0.1) is 18.8 Å². The molecule has 0 saturated carbocycles. The molecule has 0 amide bonds. The van der Waals surface area contributed by atoms with E-state index in [0.717, 1.165) is 50.3 Å². The molecule has 0 bridgehead atoms. The maximum absolute atomic E-state index is 12.9. The van der Waals surface area contributed by atoms with E-state index in [9.17, 15) is 18.0 Å². The number of benzene rings is 1. The molecule has 1 aromatic rings. The van der Waals surface area contributed by atoms with Gasteiger partial charge in [-0.25, -0.2) is 9.79 Å². The Morgan fingerprint density at radius 2 is 1.67 bits per heavy atom. The highest BCUT2D eigenvalue weighted by Gasteiger charge is 2.28. The number of carbonyl (C=O) groups excluding carboxylic acids is 1. The summed E-state index contributed by atoms with van der Waals surface area (Å²) in [7, 11) is 0. The van der Waals surface area contributed by atoms with Crippen molar-refractivity contribution < 1.29 is 18.0 Å². The molecule has 1 rings (SSSR count). The molecule has 1 aromatic carbocycles. The van der Waals surface area contributed by atoms with E-state index in [1.807, 2.05) is 6.92 Å². The molecule has 1 unspecified atom stereocenters. The van der Waals surface area contributed by atoms with Gasteiger partial charge in [0.25, 0.3) is 0 Å². The molecule has 1 atom stereocenters. The van der Waals surface area contributed by atoms with Gasteiger partial charge in [0, 0.05) is 5.92 Å². The van der Waals surface area contributed by atoms with Crippen LogP contribution in [0.2, 0.25) is 0 Å². The zero-order valence-electron chi connectivity index (χ0n) is 18.8. The first kappa shape index (κ1) is 26.2. The zero-order chi connectivity index (χ0) is 22.6. The van der Waals surface area contributed by atoms with E-state index in [1.54, 1.807) is 18.1 Å². The third kappa shape index (κ3) is 9.30. The maximum atomic E-state index is 12.9. The van der Waals surface area contributed by atoms with Crippen molar-refractivity contribution in [2.24, 2.45) is 16.8 Å². The van der Waals surface area contributed by atoms with Crippen LogP contribution >= 0.6 is 0 Å². The molecular weight excluding hydrogens is 387 g/mol. The van der Waals surface area contributed by atoms with Crippen molar-refractivity contribution >= 4 is 11.7 Å². The number of rotatable bonds is 13. The van der Waals surface area contributed by atoms with Crippen molar-refractivity contribution in [1.82, 2.24) is 0 Å². The third-order valence-corrected chi connectivity index (χ3v) is 5.58. The first-order valence-electron chi connectivity index (χ1n) is 11.2. The summed E-state index contributed by atoms with van der Waals surface area (Å²) in [6, 6.07) is 4.84. The van der Waals surface area contributed by atoms with Crippen molar-refractivity contribution in [3.63, 3.8) is 0 Å². The fourth-order valence-electron chi connectivity index (χ4n) is 4.23. The summed E-state index contributed by atoms with van der Waals surface area (Å²) in [6.45, 7) is 8.38. The molecule has 0 aromatic heterocycles. The molecule has 2 nitrogen and oxygen atoms in total. The van der Waals surface area contributed by atoms with E-state index in [1.165, 1.54) is 18.9 Å². The van der Waals surface area contributed by atoms with Gasteiger partial charge >= 0.3 is 6.18 Å². The lowest BCUT2D eigenvalue weighted by Gasteiger charge is -2.24. The monoisotopic (exact) mass is 423 g/mol. The van der Waals surface area contributed by atoms with Crippen LogP contribution in [0.25, 0.3) is 0 Å². The quantitative estimate of drug-likeness (QED) is 0.237. The molecule has 0 aliphatic rings. The van der Waals surface area contributed by atoms with Crippen LogP contribution < -0.4 is 0 Å². The molecule has 5 heteroatoms. The largest absolute Gasteiger partial charge is 0.393 e. The Labute approximate surface area is 179 Å². The second kappa shape index (κ2) is 13.4. The van der Waals surface area contributed by atoms with Gasteiger partial charge in [-0.05, 0) is 54.9 Å². The molecule has 0 radical (unpaired) electrons.